The molecule has 0 aliphatic heterocycles. The molecule has 0 atom stereocenters. The van der Waals surface area contributed by atoms with Crippen LogP contribution >= 0.6 is 11.8 Å². The van der Waals surface area contributed by atoms with Crippen molar-refractivity contribution in [2.24, 2.45) is 0 Å². The van der Waals surface area contributed by atoms with Crippen molar-refractivity contribution in [1.82, 2.24) is 0 Å². The summed E-state index contributed by atoms with van der Waals surface area (Å²) in [6, 6.07) is 7.46. The Labute approximate surface area is 145 Å². The maximum atomic E-state index is 14.2. The first-order chi connectivity index (χ1) is 11.9. The minimum absolute atomic E-state index is 0.0136. The molecule has 9 heteroatoms. The van der Waals surface area contributed by atoms with Gasteiger partial charge in [-0.05, 0) is 24.3 Å². The molecule has 0 fully saturated rings. The van der Waals surface area contributed by atoms with Gasteiger partial charge in [0, 0.05) is 6.07 Å². The first kappa shape index (κ1) is 18.4. The fourth-order valence-electron chi connectivity index (χ4n) is 1.98. The Balaban J connectivity index is 2.53. The van der Waals surface area contributed by atoms with Gasteiger partial charge in [-0.15, -0.1) is 0 Å². The molecule has 0 heterocycles. The van der Waals surface area contributed by atoms with Crippen molar-refractivity contribution in [3.05, 3.63) is 63.5 Å². The van der Waals surface area contributed by atoms with Crippen LogP contribution in [0.25, 0.3) is 0 Å². The molecule has 0 radical (unpaired) electrons. The van der Waals surface area contributed by atoms with Crippen LogP contribution in [0.5, 0.6) is 0 Å². The lowest BCUT2D eigenvalue weighted by Crippen LogP contribution is -2.05. The molecule has 2 rings (SSSR count). The SMILES string of the molecule is COC(=O)c1ccc(Sc2c(F)cccc2C(=O)OC)c([N+](=O)[O-])c1. The van der Waals surface area contributed by atoms with Crippen molar-refractivity contribution in [2.75, 3.05) is 14.2 Å². The first-order valence-corrected chi connectivity index (χ1v) is 7.62. The van der Waals surface area contributed by atoms with Gasteiger partial charge in [0.2, 0.25) is 0 Å². The molecular formula is C16H12FNO6S. The van der Waals surface area contributed by atoms with E-state index < -0.39 is 28.4 Å². The number of ether oxygens (including phenoxy) is 2. The Morgan fingerprint density at radius 2 is 1.80 bits per heavy atom. The summed E-state index contributed by atoms with van der Waals surface area (Å²) >= 11 is 0.698. The van der Waals surface area contributed by atoms with Gasteiger partial charge >= 0.3 is 11.9 Å². The quantitative estimate of drug-likeness (QED) is 0.455. The number of carbonyl (C=O) groups is 2. The normalized spacial score (nSPS) is 10.2. The van der Waals surface area contributed by atoms with Gasteiger partial charge in [-0.1, -0.05) is 17.8 Å². The number of rotatable bonds is 5. The molecule has 25 heavy (non-hydrogen) atoms. The van der Waals surface area contributed by atoms with Crippen LogP contribution in [0.15, 0.2) is 46.2 Å². The Bertz CT molecular complexity index is 855. The molecule has 0 aliphatic rings. The van der Waals surface area contributed by atoms with Gasteiger partial charge in [-0.3, -0.25) is 10.1 Å². The monoisotopic (exact) mass is 365 g/mol. The zero-order chi connectivity index (χ0) is 18.6. The Morgan fingerprint density at radius 3 is 2.40 bits per heavy atom. The van der Waals surface area contributed by atoms with Gasteiger partial charge in [0.15, 0.2) is 0 Å². The highest BCUT2D eigenvalue weighted by atomic mass is 32.2. The maximum Gasteiger partial charge on any atom is 0.339 e. The minimum atomic E-state index is -0.768. The molecule has 0 amide bonds. The summed E-state index contributed by atoms with van der Waals surface area (Å²) in [4.78, 5) is 33.8. The first-order valence-electron chi connectivity index (χ1n) is 6.80. The van der Waals surface area contributed by atoms with Crippen LogP contribution in [0.3, 0.4) is 0 Å². The van der Waals surface area contributed by atoms with Gasteiger partial charge in [0.05, 0.1) is 40.1 Å². The lowest BCUT2D eigenvalue weighted by molar-refractivity contribution is -0.387. The fourth-order valence-corrected chi connectivity index (χ4v) is 3.01. The number of halogens is 1. The molecule has 0 aliphatic carbocycles. The van der Waals surface area contributed by atoms with E-state index in [-0.39, 0.29) is 20.9 Å². The summed E-state index contributed by atoms with van der Waals surface area (Å²) in [5, 5.41) is 11.3. The second-order valence-corrected chi connectivity index (χ2v) is 5.69. The highest BCUT2D eigenvalue weighted by molar-refractivity contribution is 7.99. The van der Waals surface area contributed by atoms with Crippen molar-refractivity contribution in [3.8, 4) is 0 Å². The lowest BCUT2D eigenvalue weighted by atomic mass is 10.2. The molecular weight excluding hydrogens is 353 g/mol. The average Bonchev–Trinajstić information content (AvgIpc) is 2.62. The fraction of sp³-hybridized carbons (Fsp3) is 0.125. The van der Waals surface area contributed by atoms with Crippen LogP contribution in [0.4, 0.5) is 10.1 Å². The zero-order valence-corrected chi connectivity index (χ0v) is 14.0. The molecule has 2 aromatic rings. The van der Waals surface area contributed by atoms with E-state index >= 15 is 0 Å². The molecule has 0 unspecified atom stereocenters. The summed E-state index contributed by atoms with van der Waals surface area (Å²) in [6.45, 7) is 0. The molecule has 0 N–H and O–H groups in total. The highest BCUT2D eigenvalue weighted by Gasteiger charge is 2.23. The summed E-state index contributed by atoms with van der Waals surface area (Å²) in [7, 11) is 2.30. The van der Waals surface area contributed by atoms with E-state index in [1.165, 1.54) is 24.3 Å². The van der Waals surface area contributed by atoms with Crippen molar-refractivity contribution >= 4 is 29.4 Å². The number of hydrogen-bond donors (Lipinski definition) is 0. The average molecular weight is 365 g/mol. The summed E-state index contributed by atoms with van der Waals surface area (Å²) in [6.07, 6.45) is 0. The zero-order valence-electron chi connectivity index (χ0n) is 13.1. The predicted molar refractivity (Wildman–Crippen MR) is 86.3 cm³/mol. The second-order valence-electron chi connectivity index (χ2n) is 4.64. The van der Waals surface area contributed by atoms with Crippen molar-refractivity contribution < 1.29 is 28.4 Å². The lowest BCUT2D eigenvalue weighted by Gasteiger charge is -2.09. The van der Waals surface area contributed by atoms with Crippen molar-refractivity contribution in [2.45, 2.75) is 9.79 Å². The van der Waals surface area contributed by atoms with E-state index in [1.54, 1.807) is 0 Å². The molecule has 0 aromatic heterocycles. The molecule has 2 aromatic carbocycles. The standard InChI is InChI=1S/C16H12FNO6S/c1-23-15(19)9-6-7-13(12(8-9)18(21)22)25-14-10(16(20)24-2)4-3-5-11(14)17/h3-8H,1-2H3. The predicted octanol–water partition coefficient (Wildman–Crippen LogP) is 3.46. The van der Waals surface area contributed by atoms with Crippen LogP contribution in [0, 0.1) is 15.9 Å². The number of hydrogen-bond acceptors (Lipinski definition) is 7. The van der Waals surface area contributed by atoms with Crippen LogP contribution in [0.1, 0.15) is 20.7 Å². The maximum absolute atomic E-state index is 14.2. The smallest absolute Gasteiger partial charge is 0.339 e. The van der Waals surface area contributed by atoms with Crippen LogP contribution < -0.4 is 0 Å². The van der Waals surface area contributed by atoms with E-state index in [0.717, 1.165) is 26.4 Å². The number of esters is 2. The van der Waals surface area contributed by atoms with Crippen molar-refractivity contribution in [3.63, 3.8) is 0 Å². The summed E-state index contributed by atoms with van der Waals surface area (Å²) in [5.41, 5.74) is -0.480. The topological polar surface area (TPSA) is 95.7 Å². The van der Waals surface area contributed by atoms with Gasteiger partial charge < -0.3 is 9.47 Å². The molecule has 0 saturated carbocycles. The van der Waals surface area contributed by atoms with E-state index in [1.807, 2.05) is 0 Å². The summed E-state index contributed by atoms with van der Waals surface area (Å²) in [5.74, 6) is -2.23. The molecule has 7 nitrogen and oxygen atoms in total. The number of carbonyl (C=O) groups excluding carboxylic acids is 2. The van der Waals surface area contributed by atoms with Crippen LogP contribution in [-0.4, -0.2) is 31.1 Å². The Morgan fingerprint density at radius 1 is 1.12 bits per heavy atom. The van der Waals surface area contributed by atoms with Crippen molar-refractivity contribution in [1.29, 1.82) is 0 Å². The molecule has 0 spiro atoms. The Hall–Kier alpha value is -2.94. The number of benzene rings is 2. The van der Waals surface area contributed by atoms with Gasteiger partial charge in [-0.25, -0.2) is 14.0 Å². The number of nitro groups is 1. The van der Waals surface area contributed by atoms with Gasteiger partial charge in [0.25, 0.3) is 5.69 Å². The van der Waals surface area contributed by atoms with Gasteiger partial charge in [0.1, 0.15) is 5.82 Å². The third-order valence-corrected chi connectivity index (χ3v) is 4.35. The molecule has 0 bridgehead atoms. The third kappa shape index (κ3) is 3.94. The number of nitro benzene ring substituents is 1. The Kier molecular flexibility index (Phi) is 5.71. The second kappa shape index (κ2) is 7.75. The van der Waals surface area contributed by atoms with E-state index in [0.29, 0.717) is 11.8 Å². The minimum Gasteiger partial charge on any atom is -0.465 e. The molecule has 0 saturated heterocycles. The van der Waals surface area contributed by atoms with E-state index in [2.05, 4.69) is 9.47 Å². The molecule has 130 valence electrons. The van der Waals surface area contributed by atoms with E-state index in [4.69, 9.17) is 0 Å². The highest BCUT2D eigenvalue weighted by Crippen LogP contribution is 2.38. The van der Waals surface area contributed by atoms with Crippen LogP contribution in [-0.2, 0) is 9.47 Å². The van der Waals surface area contributed by atoms with E-state index in [9.17, 15) is 24.1 Å². The third-order valence-electron chi connectivity index (χ3n) is 3.16. The van der Waals surface area contributed by atoms with Crippen LogP contribution in [0.2, 0.25) is 0 Å². The van der Waals surface area contributed by atoms with Gasteiger partial charge in [-0.2, -0.15) is 0 Å². The number of methoxy groups -OCH3 is 2. The number of nitrogens with zero attached hydrogens (tertiary/aromatic N) is 1. The summed E-state index contributed by atoms with van der Waals surface area (Å²) < 4.78 is 23.3. The largest absolute Gasteiger partial charge is 0.465 e.